The Morgan fingerprint density at radius 3 is 2.67 bits per heavy atom. The zero-order valence-electron chi connectivity index (χ0n) is 14.7. The summed E-state index contributed by atoms with van der Waals surface area (Å²) in [6, 6.07) is 10.4. The number of ether oxygens (including phenoxy) is 1. The number of nitrogen functional groups attached to an aromatic ring is 1. The van der Waals surface area contributed by atoms with Crippen molar-refractivity contribution >= 4 is 11.8 Å². The Balaban J connectivity index is 1.94. The molecule has 0 radical (unpaired) electrons. The highest BCUT2D eigenvalue weighted by Crippen LogP contribution is 2.17. The summed E-state index contributed by atoms with van der Waals surface area (Å²) in [4.78, 5) is 18.3. The van der Waals surface area contributed by atoms with Crippen molar-refractivity contribution < 1.29 is 9.53 Å². The van der Waals surface area contributed by atoms with Gasteiger partial charge in [-0.25, -0.2) is 9.78 Å². The number of hydrogen-bond donors (Lipinski definition) is 1. The molecule has 0 aliphatic heterocycles. The molecule has 1 aromatic carbocycles. The summed E-state index contributed by atoms with van der Waals surface area (Å²) < 4.78 is 6.66. The molecule has 130 valence electrons. The first-order chi connectivity index (χ1) is 11.6. The maximum absolute atomic E-state index is 11.7. The van der Waals surface area contributed by atoms with Crippen LogP contribution < -0.4 is 5.73 Å². The molecule has 0 aliphatic rings. The lowest BCUT2D eigenvalue weighted by atomic mass is 10.2. The maximum Gasteiger partial charge on any atom is 0.360 e. The largest absolute Gasteiger partial charge is 0.464 e. The average molecular weight is 330 g/mol. The van der Waals surface area contributed by atoms with Crippen LogP contribution in [0.1, 0.15) is 35.2 Å². The van der Waals surface area contributed by atoms with Crippen molar-refractivity contribution in [2.75, 3.05) is 26.4 Å². The molecule has 0 aliphatic carbocycles. The van der Waals surface area contributed by atoms with Crippen molar-refractivity contribution in [2.45, 2.75) is 32.9 Å². The molecule has 6 heteroatoms. The van der Waals surface area contributed by atoms with E-state index < -0.39 is 5.97 Å². The number of nitrogens with two attached hydrogens (primary N) is 1. The van der Waals surface area contributed by atoms with Crippen LogP contribution in [-0.2, 0) is 24.2 Å². The number of benzene rings is 1. The van der Waals surface area contributed by atoms with E-state index in [1.165, 1.54) is 12.7 Å². The molecule has 2 rings (SSSR count). The van der Waals surface area contributed by atoms with Gasteiger partial charge in [0.15, 0.2) is 5.69 Å². The van der Waals surface area contributed by atoms with Crippen molar-refractivity contribution in [3.63, 3.8) is 0 Å². The van der Waals surface area contributed by atoms with Crippen LogP contribution in [0.5, 0.6) is 0 Å². The molecule has 0 fully saturated rings. The topological polar surface area (TPSA) is 73.4 Å². The zero-order valence-corrected chi connectivity index (χ0v) is 14.7. The lowest BCUT2D eigenvalue weighted by Crippen LogP contribution is -2.21. The summed E-state index contributed by atoms with van der Waals surface area (Å²) in [5.41, 5.74) is 7.59. The molecule has 2 N–H and O–H groups in total. The maximum atomic E-state index is 11.7. The summed E-state index contributed by atoms with van der Waals surface area (Å²) in [6.07, 6.45) is 1.65. The van der Waals surface area contributed by atoms with E-state index >= 15 is 0 Å². The molecule has 1 heterocycles. The summed E-state index contributed by atoms with van der Waals surface area (Å²) in [6.45, 7) is 4.58. The third-order valence-electron chi connectivity index (χ3n) is 4.00. The van der Waals surface area contributed by atoms with E-state index in [1.807, 2.05) is 17.6 Å². The number of carbonyl (C=O) groups is 1. The Kier molecular flexibility index (Phi) is 6.37. The number of carbonyl (C=O) groups excluding carboxylic acids is 1. The number of esters is 1. The van der Waals surface area contributed by atoms with E-state index in [2.05, 4.69) is 41.2 Å². The Morgan fingerprint density at radius 1 is 1.33 bits per heavy atom. The third kappa shape index (κ3) is 4.35. The quantitative estimate of drug-likeness (QED) is 0.752. The monoisotopic (exact) mass is 330 g/mol. The molecule has 0 spiro atoms. The van der Waals surface area contributed by atoms with Crippen molar-refractivity contribution in [1.29, 1.82) is 0 Å². The Labute approximate surface area is 143 Å². The minimum absolute atomic E-state index is 0.215. The van der Waals surface area contributed by atoms with E-state index in [1.54, 1.807) is 0 Å². The normalized spacial score (nSPS) is 11.0. The fourth-order valence-electron chi connectivity index (χ4n) is 2.75. The molecular weight excluding hydrogens is 304 g/mol. The van der Waals surface area contributed by atoms with Crippen LogP contribution in [0.25, 0.3) is 0 Å². The minimum atomic E-state index is -0.484. The van der Waals surface area contributed by atoms with Crippen molar-refractivity contribution in [1.82, 2.24) is 14.5 Å². The van der Waals surface area contributed by atoms with Crippen molar-refractivity contribution in [3.05, 3.63) is 47.4 Å². The van der Waals surface area contributed by atoms with Gasteiger partial charge in [-0.1, -0.05) is 37.3 Å². The standard InChI is InChI=1S/C18H26N4O2/c1-4-15-20-16(18(23)24-3)17(19)22(15)12-8-11-21(2)13-14-9-6-5-7-10-14/h5-7,9-10H,4,8,11-13,19H2,1-3H3. The second kappa shape index (κ2) is 8.49. The fraction of sp³-hybridized carbons (Fsp3) is 0.444. The van der Waals surface area contributed by atoms with Gasteiger partial charge in [-0.05, 0) is 25.6 Å². The highest BCUT2D eigenvalue weighted by Gasteiger charge is 2.20. The van der Waals surface area contributed by atoms with Crippen LogP contribution in [0.3, 0.4) is 0 Å². The SMILES string of the molecule is CCc1nc(C(=O)OC)c(N)n1CCCN(C)Cc1ccccc1. The number of imidazole rings is 1. The molecule has 0 atom stereocenters. The van der Waals surface area contributed by atoms with E-state index in [4.69, 9.17) is 10.5 Å². The number of hydrogen-bond acceptors (Lipinski definition) is 5. The van der Waals surface area contributed by atoms with Crippen LogP contribution in [0.2, 0.25) is 0 Å². The minimum Gasteiger partial charge on any atom is -0.464 e. The van der Waals surface area contributed by atoms with Crippen LogP contribution >= 0.6 is 0 Å². The van der Waals surface area contributed by atoms with Gasteiger partial charge >= 0.3 is 5.97 Å². The number of rotatable bonds is 8. The number of nitrogens with zero attached hydrogens (tertiary/aromatic N) is 3. The number of aromatic nitrogens is 2. The molecule has 24 heavy (non-hydrogen) atoms. The predicted octanol–water partition coefficient (Wildman–Crippen LogP) is 2.34. The van der Waals surface area contributed by atoms with Crippen LogP contribution in [-0.4, -0.2) is 41.1 Å². The fourth-order valence-corrected chi connectivity index (χ4v) is 2.75. The van der Waals surface area contributed by atoms with Crippen molar-refractivity contribution in [2.24, 2.45) is 0 Å². The molecule has 0 saturated carbocycles. The highest BCUT2D eigenvalue weighted by molar-refractivity contribution is 5.92. The summed E-state index contributed by atoms with van der Waals surface area (Å²) in [7, 11) is 3.44. The van der Waals surface area contributed by atoms with Crippen molar-refractivity contribution in [3.8, 4) is 0 Å². The smallest absolute Gasteiger partial charge is 0.360 e. The van der Waals surface area contributed by atoms with Gasteiger partial charge < -0.3 is 19.9 Å². The Bertz CT molecular complexity index is 667. The lowest BCUT2D eigenvalue weighted by Gasteiger charge is -2.17. The third-order valence-corrected chi connectivity index (χ3v) is 4.00. The molecule has 0 saturated heterocycles. The average Bonchev–Trinajstić information content (AvgIpc) is 2.91. The lowest BCUT2D eigenvalue weighted by molar-refractivity contribution is 0.0595. The first kappa shape index (κ1) is 18.0. The van der Waals surface area contributed by atoms with Gasteiger partial charge in [-0.15, -0.1) is 0 Å². The molecule has 0 amide bonds. The first-order valence-corrected chi connectivity index (χ1v) is 8.22. The van der Waals surface area contributed by atoms with E-state index in [-0.39, 0.29) is 5.69 Å². The summed E-state index contributed by atoms with van der Waals surface area (Å²) in [5, 5.41) is 0. The Hall–Kier alpha value is -2.34. The highest BCUT2D eigenvalue weighted by atomic mass is 16.5. The van der Waals surface area contributed by atoms with Gasteiger partial charge in [-0.2, -0.15) is 0 Å². The first-order valence-electron chi connectivity index (χ1n) is 8.22. The van der Waals surface area contributed by atoms with E-state index in [0.29, 0.717) is 5.82 Å². The number of anilines is 1. The van der Waals surface area contributed by atoms with E-state index in [9.17, 15) is 4.79 Å². The molecule has 1 aromatic heterocycles. The summed E-state index contributed by atoms with van der Waals surface area (Å²) >= 11 is 0. The molecule has 2 aromatic rings. The van der Waals surface area contributed by atoms with Crippen LogP contribution in [0.15, 0.2) is 30.3 Å². The van der Waals surface area contributed by atoms with Gasteiger partial charge in [0.2, 0.25) is 0 Å². The summed E-state index contributed by atoms with van der Waals surface area (Å²) in [5.74, 6) is 0.727. The van der Waals surface area contributed by atoms with Gasteiger partial charge in [0.05, 0.1) is 7.11 Å². The molecular formula is C18H26N4O2. The molecule has 0 unspecified atom stereocenters. The zero-order chi connectivity index (χ0) is 17.5. The van der Waals surface area contributed by atoms with Gasteiger partial charge in [-0.3, -0.25) is 0 Å². The number of methoxy groups -OCH3 is 1. The second-order valence-electron chi connectivity index (χ2n) is 5.84. The number of aryl methyl sites for hydroxylation is 1. The van der Waals surface area contributed by atoms with Gasteiger partial charge in [0.25, 0.3) is 0 Å². The van der Waals surface area contributed by atoms with Crippen LogP contribution in [0, 0.1) is 0 Å². The predicted molar refractivity (Wildman–Crippen MR) is 94.7 cm³/mol. The molecule has 0 bridgehead atoms. The second-order valence-corrected chi connectivity index (χ2v) is 5.84. The van der Waals surface area contributed by atoms with Gasteiger partial charge in [0.1, 0.15) is 11.6 Å². The van der Waals surface area contributed by atoms with Gasteiger partial charge in [0, 0.05) is 19.5 Å². The molecule has 6 nitrogen and oxygen atoms in total. The Morgan fingerprint density at radius 2 is 2.04 bits per heavy atom. The van der Waals surface area contributed by atoms with E-state index in [0.717, 1.165) is 38.3 Å². The van der Waals surface area contributed by atoms with Crippen LogP contribution in [0.4, 0.5) is 5.82 Å².